The Kier molecular flexibility index (Phi) is 12.8. The first-order valence-corrected chi connectivity index (χ1v) is 9.64. The minimum Gasteiger partial charge on any atom is -0.303 e. The molecule has 0 fully saturated rings. The summed E-state index contributed by atoms with van der Waals surface area (Å²) in [7, 11) is -4.87. The Morgan fingerprint density at radius 1 is 0.867 bits per heavy atom. The van der Waals surface area contributed by atoms with Crippen LogP contribution in [0.4, 0.5) is 0 Å². The highest BCUT2D eigenvalue weighted by Gasteiger charge is 2.05. The van der Waals surface area contributed by atoms with Crippen LogP contribution in [0.3, 0.4) is 0 Å². The van der Waals surface area contributed by atoms with Gasteiger partial charge in [0.25, 0.3) is 0 Å². The highest BCUT2D eigenvalue weighted by atomic mass is 31.2. The predicted octanol–water partition coefficient (Wildman–Crippen LogP) is 2.51. The number of hydrogen-bond donors (Lipinski definition) is 3. The molecule has 4 nitrogen and oxygen atoms in total. The average Bonchev–Trinajstić information content (AvgIpc) is 2.02. The Bertz CT molecular complexity index is 149. The van der Waals surface area contributed by atoms with Crippen molar-refractivity contribution in [2.24, 2.45) is 0 Å². The van der Waals surface area contributed by atoms with Gasteiger partial charge in [-0.25, -0.2) is 4.57 Å². The third-order valence-electron chi connectivity index (χ3n) is 2.09. The van der Waals surface area contributed by atoms with Gasteiger partial charge in [-0.3, -0.25) is 0 Å². The quantitative estimate of drug-likeness (QED) is 0.504. The predicted molar refractivity (Wildman–Crippen MR) is 66.7 cm³/mol. The van der Waals surface area contributed by atoms with Gasteiger partial charge in [0.05, 0.1) is 0 Å². The van der Waals surface area contributed by atoms with Gasteiger partial charge in [0.2, 0.25) is 0 Å². The lowest BCUT2D eigenvalue weighted by Crippen LogP contribution is -2.09. The van der Waals surface area contributed by atoms with Crippen LogP contribution >= 0.6 is 7.82 Å². The molecular weight excluding hydrogens is 231 g/mol. The van der Waals surface area contributed by atoms with E-state index in [9.17, 15) is 0 Å². The Morgan fingerprint density at radius 2 is 1.07 bits per heavy atom. The van der Waals surface area contributed by atoms with Gasteiger partial charge in [-0.2, -0.15) is 0 Å². The smallest absolute Gasteiger partial charge is 0.303 e. The summed E-state index contributed by atoms with van der Waals surface area (Å²) in [6, 6.07) is 4.76. The maximum Gasteiger partial charge on any atom is 0.466 e. The molecule has 3 N–H and O–H groups in total. The van der Waals surface area contributed by atoms with Gasteiger partial charge in [-0.15, -0.1) is 0 Å². The Labute approximate surface area is 94.6 Å². The highest BCUT2D eigenvalue weighted by molar-refractivity contribution is 7.45. The van der Waals surface area contributed by atoms with E-state index in [-0.39, 0.29) is 8.80 Å². The molecule has 0 atom stereocenters. The van der Waals surface area contributed by atoms with Crippen LogP contribution in [0.2, 0.25) is 18.1 Å². The van der Waals surface area contributed by atoms with Crippen molar-refractivity contribution >= 4 is 16.6 Å². The van der Waals surface area contributed by atoms with E-state index in [0.717, 1.165) is 0 Å². The molecule has 0 bridgehead atoms. The molecule has 0 unspecified atom stereocenters. The van der Waals surface area contributed by atoms with Crippen LogP contribution in [0.15, 0.2) is 0 Å². The summed E-state index contributed by atoms with van der Waals surface area (Å²) in [6.45, 7) is 6.97. The van der Waals surface area contributed by atoms with E-state index < -0.39 is 7.82 Å². The Balaban J connectivity index is 0. The zero-order valence-electron chi connectivity index (χ0n) is 10.0. The third-order valence-corrected chi connectivity index (χ3v) is 6.27. The fourth-order valence-electron chi connectivity index (χ4n) is 1.66. The maximum absolute atomic E-state index is 8.88. The second kappa shape index (κ2) is 10.8. The van der Waals surface area contributed by atoms with E-state index in [4.69, 9.17) is 19.2 Å². The fourth-order valence-corrected chi connectivity index (χ4v) is 4.97. The molecule has 0 aliphatic heterocycles. The highest BCUT2D eigenvalue weighted by Crippen LogP contribution is 2.25. The summed E-state index contributed by atoms with van der Waals surface area (Å²) in [5.41, 5.74) is 0. The normalized spacial score (nSPS) is 11.1. The van der Waals surface area contributed by atoms with Crippen molar-refractivity contribution in [3.8, 4) is 0 Å². The van der Waals surface area contributed by atoms with Gasteiger partial charge < -0.3 is 14.7 Å². The topological polar surface area (TPSA) is 77.8 Å². The Hall–Kier alpha value is 0.327. The maximum atomic E-state index is 8.88. The van der Waals surface area contributed by atoms with Crippen molar-refractivity contribution in [1.82, 2.24) is 0 Å². The van der Waals surface area contributed by atoms with Gasteiger partial charge >= 0.3 is 7.82 Å². The molecule has 0 spiro atoms. The molecule has 0 amide bonds. The molecule has 6 heteroatoms. The van der Waals surface area contributed by atoms with Crippen molar-refractivity contribution < 1.29 is 19.2 Å². The molecule has 0 aromatic rings. The zero-order valence-corrected chi connectivity index (χ0v) is 12.1. The summed E-state index contributed by atoms with van der Waals surface area (Å²) in [5, 5.41) is 0. The molecule has 15 heavy (non-hydrogen) atoms. The molecule has 94 valence electrons. The molecule has 0 saturated carbocycles. The summed E-state index contributed by atoms with van der Waals surface area (Å²) in [6.07, 6.45) is 4.28. The van der Waals surface area contributed by atoms with Crippen LogP contribution in [0, 0.1) is 0 Å². The molecule has 0 aliphatic carbocycles. The molecule has 0 aromatic carbocycles. The van der Waals surface area contributed by atoms with Crippen LogP contribution < -0.4 is 0 Å². The molecule has 0 radical (unpaired) electrons. The molecule has 0 saturated heterocycles. The first-order chi connectivity index (χ1) is 6.85. The van der Waals surface area contributed by atoms with E-state index in [1.165, 1.54) is 19.3 Å². The van der Waals surface area contributed by atoms with E-state index in [0.29, 0.717) is 0 Å². The first kappa shape index (κ1) is 17.7. The molecule has 0 aliphatic rings. The number of hydrogen-bond acceptors (Lipinski definition) is 1. The van der Waals surface area contributed by atoms with Crippen LogP contribution in [-0.4, -0.2) is 23.5 Å². The van der Waals surface area contributed by atoms with Crippen molar-refractivity contribution in [2.45, 2.75) is 58.2 Å². The van der Waals surface area contributed by atoms with Gasteiger partial charge in [0, 0.05) is 8.80 Å². The first-order valence-electron chi connectivity index (χ1n) is 5.63. The largest absolute Gasteiger partial charge is 0.466 e. The fraction of sp³-hybridized carbons (Fsp3) is 1.00. The third kappa shape index (κ3) is 25.0. The van der Waals surface area contributed by atoms with E-state index >= 15 is 0 Å². The van der Waals surface area contributed by atoms with Crippen molar-refractivity contribution in [3.05, 3.63) is 0 Å². The van der Waals surface area contributed by atoms with Crippen molar-refractivity contribution in [2.75, 3.05) is 0 Å². The summed E-state index contributed by atoms with van der Waals surface area (Å²) in [4.78, 5) is 21.6. The monoisotopic (exact) mass is 256 g/mol. The molecular formula is C9H25O4PSi. The standard InChI is InChI=1S/C9H22Si.H3O4P/c1-4-7-10(8-5-2)9-6-3;1-5(2,3)4/h10H,4-9H2,1-3H3;(H3,1,2,3,4). The van der Waals surface area contributed by atoms with Crippen molar-refractivity contribution in [3.63, 3.8) is 0 Å². The minimum absolute atomic E-state index is 0.234. The summed E-state index contributed by atoms with van der Waals surface area (Å²) in [5.74, 6) is 0. The van der Waals surface area contributed by atoms with Crippen LogP contribution in [0.1, 0.15) is 40.0 Å². The SMILES string of the molecule is CCC[SiH](CCC)CCC.O=P(O)(O)O. The summed E-state index contributed by atoms with van der Waals surface area (Å²) >= 11 is 0. The molecule has 0 aromatic heterocycles. The number of phosphoric acid groups is 1. The summed E-state index contributed by atoms with van der Waals surface area (Å²) < 4.78 is 8.88. The van der Waals surface area contributed by atoms with E-state index in [1.54, 1.807) is 18.1 Å². The van der Waals surface area contributed by atoms with Gasteiger partial charge in [0.1, 0.15) is 0 Å². The molecule has 0 heterocycles. The zero-order chi connectivity index (χ0) is 12.3. The van der Waals surface area contributed by atoms with Crippen LogP contribution in [-0.2, 0) is 4.57 Å². The van der Waals surface area contributed by atoms with Gasteiger partial charge in [-0.05, 0) is 0 Å². The lowest BCUT2D eigenvalue weighted by molar-refractivity contribution is 0.275. The Morgan fingerprint density at radius 3 is 1.20 bits per heavy atom. The van der Waals surface area contributed by atoms with E-state index in [1.807, 2.05) is 0 Å². The second-order valence-electron chi connectivity index (χ2n) is 3.75. The second-order valence-corrected chi connectivity index (χ2v) is 8.24. The minimum atomic E-state index is -4.64. The van der Waals surface area contributed by atoms with Crippen LogP contribution in [0.5, 0.6) is 0 Å². The number of rotatable bonds is 6. The lowest BCUT2D eigenvalue weighted by atomic mass is 10.6. The van der Waals surface area contributed by atoms with Crippen molar-refractivity contribution in [1.29, 1.82) is 0 Å². The van der Waals surface area contributed by atoms with Crippen LogP contribution in [0.25, 0.3) is 0 Å². The average molecular weight is 256 g/mol. The van der Waals surface area contributed by atoms with Gasteiger partial charge in [0.15, 0.2) is 0 Å². The molecule has 0 rings (SSSR count). The lowest BCUT2D eigenvalue weighted by Gasteiger charge is -2.10. The van der Waals surface area contributed by atoms with Gasteiger partial charge in [-0.1, -0.05) is 58.2 Å². The van der Waals surface area contributed by atoms with E-state index in [2.05, 4.69) is 20.8 Å².